The molecule has 1 unspecified atom stereocenters. The van der Waals surface area contributed by atoms with Crippen LogP contribution in [-0.4, -0.2) is 72.9 Å². The van der Waals surface area contributed by atoms with Crippen molar-refractivity contribution in [3.8, 4) is 0 Å². The topological polar surface area (TPSA) is 204 Å². The van der Waals surface area contributed by atoms with E-state index >= 15 is 0 Å². The molecular formula is C23H30N8O5. The largest absolute Gasteiger partial charge is 0.481 e. The van der Waals surface area contributed by atoms with Gasteiger partial charge < -0.3 is 37.1 Å². The van der Waals surface area contributed by atoms with E-state index in [2.05, 4.69) is 25.6 Å². The van der Waals surface area contributed by atoms with Gasteiger partial charge in [0.1, 0.15) is 11.6 Å². The highest BCUT2D eigenvalue weighted by Gasteiger charge is 2.46. The smallest absolute Gasteiger partial charge is 0.303 e. The van der Waals surface area contributed by atoms with E-state index in [4.69, 9.17) is 21.3 Å². The number of aromatic nitrogens is 4. The fourth-order valence-corrected chi connectivity index (χ4v) is 4.08. The summed E-state index contributed by atoms with van der Waals surface area (Å²) in [6, 6.07) is 6.87. The summed E-state index contributed by atoms with van der Waals surface area (Å²) in [4.78, 5) is 36.0. The number of rotatable bonds is 10. The van der Waals surface area contributed by atoms with Gasteiger partial charge in [0.05, 0.1) is 12.4 Å². The Hall–Kier alpha value is -3.81. The Kier molecular flexibility index (Phi) is 7.62. The number of aliphatic carboxylic acids is 1. The molecule has 192 valence electrons. The second-order valence-electron chi connectivity index (χ2n) is 8.55. The minimum Gasteiger partial charge on any atom is -0.481 e. The Morgan fingerprint density at radius 1 is 1.17 bits per heavy atom. The van der Waals surface area contributed by atoms with Crippen LogP contribution in [0.1, 0.15) is 30.7 Å². The van der Waals surface area contributed by atoms with E-state index < -0.39 is 36.4 Å². The summed E-state index contributed by atoms with van der Waals surface area (Å²) in [5.74, 6) is -0.817. The first-order chi connectivity index (χ1) is 17.3. The van der Waals surface area contributed by atoms with Gasteiger partial charge in [0.25, 0.3) is 5.91 Å². The highest BCUT2D eigenvalue weighted by molar-refractivity contribution is 5.83. The number of nitrogens with zero attached hydrogens (tertiary/aromatic N) is 4. The first kappa shape index (κ1) is 25.3. The number of aliphatic hydroxyl groups is 1. The lowest BCUT2D eigenvalue weighted by Gasteiger charge is -2.17. The summed E-state index contributed by atoms with van der Waals surface area (Å²) in [6.07, 6.45) is -0.481. The quantitative estimate of drug-likeness (QED) is 0.216. The van der Waals surface area contributed by atoms with Gasteiger partial charge in [-0.25, -0.2) is 4.98 Å². The number of carboxylic acid groups (broad SMARTS) is 1. The summed E-state index contributed by atoms with van der Waals surface area (Å²) < 4.78 is 7.34. The van der Waals surface area contributed by atoms with Crippen molar-refractivity contribution in [3.05, 3.63) is 41.7 Å². The van der Waals surface area contributed by atoms with Gasteiger partial charge in [-0.15, -0.1) is 0 Å². The lowest BCUT2D eigenvalue weighted by molar-refractivity contribution is -0.138. The number of fused-ring (bicyclic) bond motifs is 1. The van der Waals surface area contributed by atoms with Crippen LogP contribution in [0.3, 0.4) is 0 Å². The molecule has 13 nitrogen and oxygen atoms in total. The van der Waals surface area contributed by atoms with Gasteiger partial charge in [0, 0.05) is 19.5 Å². The fourth-order valence-electron chi connectivity index (χ4n) is 4.08. The van der Waals surface area contributed by atoms with Crippen LogP contribution in [0, 0.1) is 0 Å². The monoisotopic (exact) mass is 498 g/mol. The normalized spacial score (nSPS) is 21.5. The van der Waals surface area contributed by atoms with Gasteiger partial charge >= 0.3 is 5.97 Å². The molecular weight excluding hydrogens is 468 g/mol. The van der Waals surface area contributed by atoms with E-state index in [9.17, 15) is 14.7 Å². The number of carbonyl (C=O) groups excluding carboxylic acids is 1. The molecule has 4 atom stereocenters. The van der Waals surface area contributed by atoms with E-state index in [-0.39, 0.29) is 18.2 Å². The highest BCUT2D eigenvalue weighted by atomic mass is 16.5. The number of benzene rings is 1. The molecule has 2 aromatic heterocycles. The van der Waals surface area contributed by atoms with Crippen molar-refractivity contribution in [2.75, 3.05) is 24.1 Å². The number of amides is 1. The predicted octanol–water partition coefficient (Wildman–Crippen LogP) is -0.198. The van der Waals surface area contributed by atoms with Crippen LogP contribution in [0.15, 0.2) is 30.6 Å². The Bertz CT molecular complexity index is 1230. The number of imidazole rings is 1. The minimum absolute atomic E-state index is 0.0983. The van der Waals surface area contributed by atoms with Crippen molar-refractivity contribution in [3.63, 3.8) is 0 Å². The number of ether oxygens (including phenoxy) is 1. The van der Waals surface area contributed by atoms with Crippen molar-refractivity contribution < 1.29 is 24.5 Å². The molecule has 0 radical (unpaired) electrons. The van der Waals surface area contributed by atoms with Crippen LogP contribution in [0.25, 0.3) is 11.2 Å². The second kappa shape index (κ2) is 10.8. The Morgan fingerprint density at radius 2 is 1.86 bits per heavy atom. The average molecular weight is 499 g/mol. The van der Waals surface area contributed by atoms with Crippen LogP contribution >= 0.6 is 0 Å². The summed E-state index contributed by atoms with van der Waals surface area (Å²) in [6.45, 7) is 2.68. The van der Waals surface area contributed by atoms with Crippen molar-refractivity contribution in [2.45, 2.75) is 50.7 Å². The predicted molar refractivity (Wildman–Crippen MR) is 131 cm³/mol. The number of nitrogen functional groups attached to an aromatic ring is 1. The summed E-state index contributed by atoms with van der Waals surface area (Å²) in [7, 11) is 0. The van der Waals surface area contributed by atoms with E-state index in [1.807, 2.05) is 24.3 Å². The van der Waals surface area contributed by atoms with Crippen LogP contribution in [0.4, 0.5) is 11.8 Å². The standard InChI is InChI=1S/C23H30N8O5/c1-2-26-21(35)18-17(34)15(24)22(36-18)31-11-28-16-19(25)29-23(30-20(16)31)27-10-9-13-5-3-12(4-6-13)7-8-14(32)33/h3-6,11,15,17-18,22,34H,2,7-10,24H2,1H3,(H,26,35)(H,32,33)(H3,25,27,29,30)/t15?,17-,18+,22-/m1/s1. The van der Waals surface area contributed by atoms with Gasteiger partial charge in [0.15, 0.2) is 23.8 Å². The van der Waals surface area contributed by atoms with Gasteiger partial charge in [-0.1, -0.05) is 24.3 Å². The molecule has 1 fully saturated rings. The molecule has 0 spiro atoms. The maximum Gasteiger partial charge on any atom is 0.303 e. The number of nitrogens with one attached hydrogen (secondary N) is 2. The van der Waals surface area contributed by atoms with Gasteiger partial charge in [-0.05, 0) is 30.9 Å². The SMILES string of the molecule is CCNC(=O)[C@H]1O[C@@H](n2cnc3c(N)nc(NCCc4ccc(CCC(=O)O)cc4)nc32)C(N)[C@H]1O. The Balaban J connectivity index is 1.45. The molecule has 1 amide bonds. The van der Waals surface area contributed by atoms with E-state index in [1.54, 1.807) is 11.5 Å². The molecule has 13 heteroatoms. The van der Waals surface area contributed by atoms with E-state index in [0.717, 1.165) is 11.1 Å². The Labute approximate surface area is 206 Å². The molecule has 1 saturated heterocycles. The molecule has 1 aliphatic rings. The fraction of sp³-hybridized carbons (Fsp3) is 0.435. The molecule has 1 aromatic carbocycles. The first-order valence-electron chi connectivity index (χ1n) is 11.7. The van der Waals surface area contributed by atoms with Crippen LogP contribution < -0.4 is 22.1 Å². The molecule has 3 heterocycles. The minimum atomic E-state index is -1.20. The lowest BCUT2D eigenvalue weighted by Crippen LogP contribution is -2.45. The maximum absolute atomic E-state index is 12.2. The zero-order valence-electron chi connectivity index (χ0n) is 19.8. The number of anilines is 2. The van der Waals surface area contributed by atoms with Gasteiger partial charge in [-0.3, -0.25) is 14.2 Å². The summed E-state index contributed by atoms with van der Waals surface area (Å²) in [5.41, 5.74) is 15.0. The molecule has 4 rings (SSSR count). The number of hydrogen-bond acceptors (Lipinski definition) is 10. The molecule has 0 aliphatic carbocycles. The number of aryl methyl sites for hydroxylation is 1. The molecule has 36 heavy (non-hydrogen) atoms. The maximum atomic E-state index is 12.2. The van der Waals surface area contributed by atoms with E-state index in [0.29, 0.717) is 37.1 Å². The van der Waals surface area contributed by atoms with Crippen molar-refractivity contribution >= 4 is 34.8 Å². The third kappa shape index (κ3) is 5.37. The molecule has 8 N–H and O–H groups in total. The second-order valence-corrected chi connectivity index (χ2v) is 8.55. The van der Waals surface area contributed by atoms with Gasteiger partial charge in [0.2, 0.25) is 5.95 Å². The first-order valence-corrected chi connectivity index (χ1v) is 11.7. The zero-order valence-corrected chi connectivity index (χ0v) is 19.8. The number of hydrogen-bond donors (Lipinski definition) is 6. The number of likely N-dealkylation sites (N-methyl/N-ethyl adjacent to an activating group) is 1. The molecule has 3 aromatic rings. The average Bonchev–Trinajstić information content (AvgIpc) is 3.40. The third-order valence-electron chi connectivity index (χ3n) is 6.00. The molecule has 0 saturated carbocycles. The van der Waals surface area contributed by atoms with Crippen LogP contribution in [-0.2, 0) is 27.2 Å². The van der Waals surface area contributed by atoms with Crippen molar-refractivity contribution in [1.29, 1.82) is 0 Å². The third-order valence-corrected chi connectivity index (χ3v) is 6.00. The molecule has 1 aliphatic heterocycles. The number of carbonyl (C=O) groups is 2. The Morgan fingerprint density at radius 3 is 2.53 bits per heavy atom. The number of aliphatic hydroxyl groups excluding tert-OH is 1. The number of nitrogens with two attached hydrogens (primary N) is 2. The highest BCUT2D eigenvalue weighted by Crippen LogP contribution is 2.31. The summed E-state index contributed by atoms with van der Waals surface area (Å²) in [5, 5.41) is 25.0. The van der Waals surface area contributed by atoms with Crippen LogP contribution in [0.5, 0.6) is 0 Å². The van der Waals surface area contributed by atoms with Gasteiger partial charge in [-0.2, -0.15) is 9.97 Å². The van der Waals surface area contributed by atoms with E-state index in [1.165, 1.54) is 6.33 Å². The van der Waals surface area contributed by atoms with Crippen molar-refractivity contribution in [1.82, 2.24) is 24.8 Å². The summed E-state index contributed by atoms with van der Waals surface area (Å²) >= 11 is 0. The van der Waals surface area contributed by atoms with Crippen LogP contribution in [0.2, 0.25) is 0 Å². The van der Waals surface area contributed by atoms with Crippen molar-refractivity contribution in [2.24, 2.45) is 5.73 Å². The number of carboxylic acids is 1. The lowest BCUT2D eigenvalue weighted by atomic mass is 10.1. The zero-order chi connectivity index (χ0) is 25.8. The molecule has 0 bridgehead atoms.